The van der Waals surface area contributed by atoms with Crippen LogP contribution in [0.4, 0.5) is 0 Å². The molecule has 0 nitrogen and oxygen atoms in total. The third-order valence-corrected chi connectivity index (χ3v) is 9.92. The first kappa shape index (κ1) is 16.3. The molecule has 0 aromatic rings. The molecule has 4 rings (SSSR count). The summed E-state index contributed by atoms with van der Waals surface area (Å²) in [6.07, 6.45) is 0. The zero-order valence-corrected chi connectivity index (χ0v) is 16.0. The summed E-state index contributed by atoms with van der Waals surface area (Å²) in [7, 11) is 7.32. The topological polar surface area (TPSA) is 0 Å². The zero-order chi connectivity index (χ0) is 16.2. The second-order valence-electron chi connectivity index (χ2n) is 5.26. The fourth-order valence-electron chi connectivity index (χ4n) is 2.62. The van der Waals surface area contributed by atoms with Gasteiger partial charge in [0.2, 0.25) is 0 Å². The summed E-state index contributed by atoms with van der Waals surface area (Å²) in [4.78, 5) is 2.66. The van der Waals surface area contributed by atoms with Crippen LogP contribution in [-0.2, 0) is 0 Å². The van der Waals surface area contributed by atoms with E-state index in [1.807, 2.05) is 41.2 Å². The summed E-state index contributed by atoms with van der Waals surface area (Å²) in [5.41, 5.74) is 5.26. The van der Waals surface area contributed by atoms with Crippen molar-refractivity contribution in [2.24, 2.45) is 0 Å². The summed E-state index contributed by atoms with van der Waals surface area (Å²) < 4.78 is 0. The SMILES string of the molecule is c1ccc2ccc(SSSSc3ccc4cccccc3-4)c-2cc1. The lowest BCUT2D eigenvalue weighted by atomic mass is 10.2. The maximum Gasteiger partial charge on any atom is 0.0270 e. The van der Waals surface area contributed by atoms with Gasteiger partial charge in [0.15, 0.2) is 0 Å². The van der Waals surface area contributed by atoms with E-state index in [1.165, 1.54) is 32.0 Å². The van der Waals surface area contributed by atoms with Gasteiger partial charge < -0.3 is 0 Å². The van der Waals surface area contributed by atoms with Crippen LogP contribution in [0.3, 0.4) is 0 Å². The highest BCUT2D eigenvalue weighted by Gasteiger charge is 2.11. The lowest BCUT2D eigenvalue weighted by Crippen LogP contribution is -1.67. The van der Waals surface area contributed by atoms with Crippen molar-refractivity contribution >= 4 is 41.2 Å². The smallest absolute Gasteiger partial charge is 0.0270 e. The second kappa shape index (κ2) is 7.79. The Hall–Kier alpha value is -1.20. The normalized spacial score (nSPS) is 11.2. The Kier molecular flexibility index (Phi) is 5.28. The first-order valence-corrected chi connectivity index (χ1v) is 12.4. The maximum atomic E-state index is 2.21. The fraction of sp³-hybridized carbons (Fsp3) is 0. The highest BCUT2D eigenvalue weighted by molar-refractivity contribution is 9.26. The molecule has 4 heteroatoms. The molecule has 0 saturated heterocycles. The summed E-state index contributed by atoms with van der Waals surface area (Å²) in [5.74, 6) is 0. The Morgan fingerprint density at radius 3 is 1.38 bits per heavy atom. The Labute approximate surface area is 157 Å². The van der Waals surface area contributed by atoms with Crippen LogP contribution in [0.1, 0.15) is 0 Å². The molecule has 0 amide bonds. The van der Waals surface area contributed by atoms with E-state index in [-0.39, 0.29) is 0 Å². The van der Waals surface area contributed by atoms with Crippen molar-refractivity contribution in [1.82, 2.24) is 0 Å². The van der Waals surface area contributed by atoms with Crippen LogP contribution in [-0.4, -0.2) is 0 Å². The van der Waals surface area contributed by atoms with E-state index in [1.54, 1.807) is 0 Å². The van der Waals surface area contributed by atoms with E-state index >= 15 is 0 Å². The number of rotatable bonds is 5. The van der Waals surface area contributed by atoms with E-state index < -0.39 is 0 Å². The van der Waals surface area contributed by atoms with Crippen LogP contribution in [0.25, 0.3) is 22.3 Å². The average molecular weight is 383 g/mol. The zero-order valence-electron chi connectivity index (χ0n) is 12.7. The molecule has 4 aliphatic rings. The maximum absolute atomic E-state index is 2.21. The molecule has 0 N–H and O–H groups in total. The van der Waals surface area contributed by atoms with Crippen molar-refractivity contribution in [2.75, 3.05) is 0 Å². The average Bonchev–Trinajstić information content (AvgIpc) is 2.96. The molecule has 0 atom stereocenters. The van der Waals surface area contributed by atoms with Crippen molar-refractivity contribution in [3.63, 3.8) is 0 Å². The molecule has 0 radical (unpaired) electrons. The Morgan fingerprint density at radius 2 is 0.875 bits per heavy atom. The quantitative estimate of drug-likeness (QED) is 0.253. The van der Waals surface area contributed by atoms with Gasteiger partial charge >= 0.3 is 0 Å². The minimum atomic E-state index is 1.30. The highest BCUT2D eigenvalue weighted by atomic mass is 33.7. The fourth-order valence-corrected chi connectivity index (χ4v) is 8.42. The van der Waals surface area contributed by atoms with Gasteiger partial charge in [-0.1, -0.05) is 72.8 Å². The van der Waals surface area contributed by atoms with E-state index in [9.17, 15) is 0 Å². The number of fused-ring (bicyclic) bond motifs is 2. The number of hydrogen-bond acceptors (Lipinski definition) is 4. The third kappa shape index (κ3) is 3.57. The molecule has 0 aliphatic heterocycles. The van der Waals surface area contributed by atoms with E-state index in [0.717, 1.165) is 0 Å². The van der Waals surface area contributed by atoms with Crippen molar-refractivity contribution < 1.29 is 0 Å². The lowest BCUT2D eigenvalue weighted by Gasteiger charge is -2.02. The van der Waals surface area contributed by atoms with Gasteiger partial charge in [-0.3, -0.25) is 0 Å². The Balaban J connectivity index is 1.38. The van der Waals surface area contributed by atoms with Crippen molar-refractivity contribution in [2.45, 2.75) is 9.79 Å². The minimum Gasteiger partial charge on any atom is -0.0622 e. The van der Waals surface area contributed by atoms with Gasteiger partial charge in [-0.15, -0.1) is 0 Å². The number of hydrogen-bond donors (Lipinski definition) is 0. The lowest BCUT2D eigenvalue weighted by molar-refractivity contribution is 1.59. The molecule has 4 aliphatic carbocycles. The van der Waals surface area contributed by atoms with Crippen molar-refractivity contribution in [3.8, 4) is 22.3 Å². The van der Waals surface area contributed by atoms with Gasteiger partial charge in [0.05, 0.1) is 0 Å². The van der Waals surface area contributed by atoms with Crippen LogP contribution in [0.5, 0.6) is 0 Å². The van der Waals surface area contributed by atoms with Crippen molar-refractivity contribution in [1.29, 1.82) is 0 Å². The molecular weight excluding hydrogens is 368 g/mol. The molecule has 0 aromatic carbocycles. The first-order chi connectivity index (χ1) is 11.9. The van der Waals surface area contributed by atoms with Crippen LogP contribution in [0, 0.1) is 0 Å². The van der Waals surface area contributed by atoms with Gasteiger partial charge in [-0.25, -0.2) is 0 Å². The molecule has 0 spiro atoms. The summed E-state index contributed by atoms with van der Waals surface area (Å²) in [6, 6.07) is 30.1. The molecule has 24 heavy (non-hydrogen) atoms. The molecule has 0 saturated carbocycles. The standard InChI is InChI=1S/C20H14S4/c1-3-7-15-11-13-19(17(15)9-5-1)21-23-24-22-20-14-12-16-8-4-2-6-10-18(16)20/h1-14H. The molecule has 0 heterocycles. The van der Waals surface area contributed by atoms with Gasteiger partial charge in [0.25, 0.3) is 0 Å². The Bertz CT molecular complexity index is 815. The van der Waals surface area contributed by atoms with Gasteiger partial charge in [0.1, 0.15) is 0 Å². The van der Waals surface area contributed by atoms with Gasteiger partial charge in [-0.2, -0.15) is 0 Å². The van der Waals surface area contributed by atoms with Crippen LogP contribution < -0.4 is 0 Å². The molecule has 118 valence electrons. The van der Waals surface area contributed by atoms with E-state index in [2.05, 4.69) is 84.9 Å². The molecule has 0 unspecified atom stereocenters. The predicted octanol–water partition coefficient (Wildman–Crippen LogP) is 7.99. The van der Waals surface area contributed by atoms with Crippen LogP contribution in [0.15, 0.2) is 94.7 Å². The first-order valence-electron chi connectivity index (χ1n) is 7.55. The molecular formula is C20H14S4. The summed E-state index contributed by atoms with van der Waals surface area (Å²) >= 11 is 0. The summed E-state index contributed by atoms with van der Waals surface area (Å²) in [6.45, 7) is 0. The predicted molar refractivity (Wildman–Crippen MR) is 113 cm³/mol. The highest BCUT2D eigenvalue weighted by Crippen LogP contribution is 2.53. The second-order valence-corrected chi connectivity index (χ2v) is 11.0. The van der Waals surface area contributed by atoms with E-state index in [0.29, 0.717) is 0 Å². The molecule has 0 fully saturated rings. The van der Waals surface area contributed by atoms with Crippen LogP contribution >= 0.6 is 41.2 Å². The van der Waals surface area contributed by atoms with Crippen molar-refractivity contribution in [3.05, 3.63) is 84.9 Å². The third-order valence-electron chi connectivity index (χ3n) is 3.78. The van der Waals surface area contributed by atoms with Gasteiger partial charge in [-0.05, 0) is 75.6 Å². The summed E-state index contributed by atoms with van der Waals surface area (Å²) in [5, 5.41) is 0. The minimum absolute atomic E-state index is 1.30. The molecule has 0 bridgehead atoms. The van der Waals surface area contributed by atoms with E-state index in [4.69, 9.17) is 0 Å². The van der Waals surface area contributed by atoms with Crippen LogP contribution in [0.2, 0.25) is 0 Å². The van der Waals surface area contributed by atoms with Gasteiger partial charge in [0, 0.05) is 9.79 Å². The Morgan fingerprint density at radius 1 is 0.417 bits per heavy atom. The largest absolute Gasteiger partial charge is 0.0622 e. The monoisotopic (exact) mass is 382 g/mol. The molecule has 0 aromatic heterocycles.